The maximum atomic E-state index is 14.3. The second-order valence-corrected chi connectivity index (χ2v) is 14.2. The summed E-state index contributed by atoms with van der Waals surface area (Å²) in [5.74, 6) is -2.96. The molecule has 0 unspecified atom stereocenters. The van der Waals surface area contributed by atoms with Crippen LogP contribution in [0.15, 0.2) is 46.2 Å². The number of rotatable bonds is 7. The third-order valence-electron chi connectivity index (χ3n) is 9.53. The first-order valence-corrected chi connectivity index (χ1v) is 15.0. The number of hydrogen-bond donors (Lipinski definition) is 4. The van der Waals surface area contributed by atoms with Gasteiger partial charge in [-0.15, -0.1) is 0 Å². The molecule has 2 aliphatic heterocycles. The molecule has 4 N–H and O–H groups in total. The molecule has 0 radical (unpaired) electrons. The molecule has 6 atom stereocenters. The predicted octanol–water partition coefficient (Wildman–Crippen LogP) is 6.66. The summed E-state index contributed by atoms with van der Waals surface area (Å²) < 4.78 is 6.56. The fourth-order valence-corrected chi connectivity index (χ4v) is 9.91. The van der Waals surface area contributed by atoms with E-state index in [9.17, 15) is 29.7 Å². The monoisotopic (exact) mass is 617 g/mol. The minimum atomic E-state index is -1.40. The van der Waals surface area contributed by atoms with Crippen LogP contribution in [0, 0.1) is 22.7 Å². The van der Waals surface area contributed by atoms with Crippen molar-refractivity contribution >= 4 is 58.3 Å². The lowest BCUT2D eigenvalue weighted by Gasteiger charge is -2.56. The molecule has 4 bridgehead atoms. The SMILES string of the molecule is C[C@]12C[C@@]34C=C(Sc5cc(Cl)cc(Cl)c5)C(=O)[C@@](C)(CCC(=O)Nc5c(O)ccc(C(=O)O)c5O)[C@@H]3[C@H](C[C@@H]1C4)O2. The van der Waals surface area contributed by atoms with Gasteiger partial charge in [0.2, 0.25) is 5.91 Å². The zero-order valence-corrected chi connectivity index (χ0v) is 24.7. The van der Waals surface area contributed by atoms with Crippen molar-refractivity contribution in [3.63, 3.8) is 0 Å². The van der Waals surface area contributed by atoms with Crippen molar-refractivity contribution in [2.24, 2.45) is 22.7 Å². The number of anilines is 1. The molecule has 11 heteroatoms. The largest absolute Gasteiger partial charge is 0.506 e. The fraction of sp³-hybridized carbons (Fsp3) is 0.433. The number of amides is 1. The normalized spacial score (nSPS) is 33.0. The predicted molar refractivity (Wildman–Crippen MR) is 155 cm³/mol. The molecular formula is C30H29Cl2NO7S. The van der Waals surface area contributed by atoms with Crippen molar-refractivity contribution in [1.29, 1.82) is 0 Å². The van der Waals surface area contributed by atoms with Gasteiger partial charge in [-0.25, -0.2) is 4.79 Å². The second-order valence-electron chi connectivity index (χ2n) is 12.2. The molecule has 8 nitrogen and oxygen atoms in total. The van der Waals surface area contributed by atoms with Gasteiger partial charge >= 0.3 is 5.97 Å². The van der Waals surface area contributed by atoms with Gasteiger partial charge in [-0.2, -0.15) is 0 Å². The lowest BCUT2D eigenvalue weighted by atomic mass is 9.51. The number of carboxylic acid groups (broad SMARTS) is 1. The highest BCUT2D eigenvalue weighted by molar-refractivity contribution is 8.04. The van der Waals surface area contributed by atoms with Gasteiger partial charge in [0.15, 0.2) is 11.5 Å². The van der Waals surface area contributed by atoms with Crippen LogP contribution >= 0.6 is 35.0 Å². The van der Waals surface area contributed by atoms with Gasteiger partial charge in [-0.1, -0.05) is 48.0 Å². The molecule has 2 saturated carbocycles. The van der Waals surface area contributed by atoms with Crippen molar-refractivity contribution in [3.8, 4) is 11.5 Å². The van der Waals surface area contributed by atoms with Crippen LogP contribution in [0.1, 0.15) is 56.3 Å². The Balaban J connectivity index is 1.31. The molecule has 41 heavy (non-hydrogen) atoms. The van der Waals surface area contributed by atoms with Gasteiger partial charge in [0.05, 0.1) is 16.6 Å². The van der Waals surface area contributed by atoms with Crippen LogP contribution in [0.2, 0.25) is 10.0 Å². The summed E-state index contributed by atoms with van der Waals surface area (Å²) in [6.45, 7) is 4.07. The summed E-state index contributed by atoms with van der Waals surface area (Å²) in [6, 6.07) is 7.31. The highest BCUT2D eigenvalue weighted by Crippen LogP contribution is 2.72. The number of aromatic hydroxyl groups is 2. The van der Waals surface area contributed by atoms with E-state index in [2.05, 4.69) is 18.3 Å². The number of ether oxygens (including phenoxy) is 1. The summed E-state index contributed by atoms with van der Waals surface area (Å²) in [7, 11) is 0. The number of hydrogen-bond acceptors (Lipinski definition) is 7. The minimum Gasteiger partial charge on any atom is -0.506 e. The summed E-state index contributed by atoms with van der Waals surface area (Å²) in [6.07, 6.45) is 4.71. The molecule has 4 fully saturated rings. The van der Waals surface area contributed by atoms with E-state index in [1.807, 2.05) is 6.92 Å². The first kappa shape index (κ1) is 28.4. The molecule has 5 aliphatic rings. The number of carbonyl (C=O) groups is 3. The van der Waals surface area contributed by atoms with Crippen LogP contribution in [0.5, 0.6) is 11.5 Å². The summed E-state index contributed by atoms with van der Waals surface area (Å²) in [5, 5.41) is 33.2. The Morgan fingerprint density at radius 2 is 1.85 bits per heavy atom. The average Bonchev–Trinajstić information content (AvgIpc) is 3.23. The molecule has 2 aromatic rings. The summed E-state index contributed by atoms with van der Waals surface area (Å²) >= 11 is 13.8. The summed E-state index contributed by atoms with van der Waals surface area (Å²) in [4.78, 5) is 40.2. The van der Waals surface area contributed by atoms with Crippen molar-refractivity contribution in [3.05, 3.63) is 56.9 Å². The van der Waals surface area contributed by atoms with E-state index in [0.717, 1.165) is 36.3 Å². The lowest BCUT2D eigenvalue weighted by molar-refractivity contribution is -0.169. The first-order chi connectivity index (χ1) is 19.2. The molecule has 7 rings (SSSR count). The van der Waals surface area contributed by atoms with Gasteiger partial charge < -0.3 is 25.4 Å². The smallest absolute Gasteiger partial charge is 0.339 e. The molecule has 0 aromatic heterocycles. The van der Waals surface area contributed by atoms with E-state index < -0.39 is 34.4 Å². The van der Waals surface area contributed by atoms with Gasteiger partial charge in [0.25, 0.3) is 0 Å². The van der Waals surface area contributed by atoms with Gasteiger partial charge in [-0.05, 0) is 74.3 Å². The van der Waals surface area contributed by atoms with Crippen molar-refractivity contribution < 1.29 is 34.4 Å². The Bertz CT molecular complexity index is 1520. The van der Waals surface area contributed by atoms with Crippen LogP contribution in [0.4, 0.5) is 5.69 Å². The number of halogens is 2. The fourth-order valence-electron chi connectivity index (χ4n) is 8.01. The Hall–Kier alpha value is -2.72. The van der Waals surface area contributed by atoms with E-state index in [1.165, 1.54) is 11.8 Å². The number of aromatic carboxylic acids is 1. The van der Waals surface area contributed by atoms with Crippen molar-refractivity contribution in [1.82, 2.24) is 0 Å². The molecule has 3 aliphatic carbocycles. The Kier molecular flexibility index (Phi) is 6.69. The molecule has 1 amide bonds. The maximum Gasteiger partial charge on any atom is 0.339 e. The van der Waals surface area contributed by atoms with Crippen molar-refractivity contribution in [2.45, 2.75) is 62.6 Å². The maximum absolute atomic E-state index is 14.3. The number of Topliss-reactive ketones (excluding diaryl/α,β-unsaturated/α-hetero) is 1. The third-order valence-corrected chi connectivity index (χ3v) is 11.0. The van der Waals surface area contributed by atoms with Crippen LogP contribution in [-0.4, -0.2) is 44.7 Å². The number of thioether (sulfide) groups is 1. The van der Waals surface area contributed by atoms with E-state index in [-0.39, 0.29) is 47.4 Å². The number of phenolic OH excluding ortho intramolecular Hbond substituents is 1. The standard InChI is InChI=1S/C30H29Cl2NO7S/c1-28(6-5-22(35)33-23-19(34)4-3-18(24(23)36)27(38)39)25-20-7-14-11-30(25,13-29(14,2)40-20)12-21(26(28)37)41-17-9-15(31)8-16(32)10-17/h3-4,8-10,12,14,20,25,34,36H,5-7,11,13H2,1-2H3,(H,33,35)(H,38,39)/t14-,20+,25+,28+,29+,30-/m1/s1. The highest BCUT2D eigenvalue weighted by atomic mass is 35.5. The number of allylic oxidation sites excluding steroid dienone is 2. The Labute approximate surface area is 251 Å². The van der Waals surface area contributed by atoms with Crippen LogP contribution in [0.25, 0.3) is 0 Å². The molecule has 2 aromatic carbocycles. The molecule has 216 valence electrons. The van der Waals surface area contributed by atoms with Crippen molar-refractivity contribution in [2.75, 3.05) is 5.32 Å². The molecule has 2 heterocycles. The van der Waals surface area contributed by atoms with E-state index in [0.29, 0.717) is 20.9 Å². The zero-order chi connectivity index (χ0) is 29.5. The molecule has 2 saturated heterocycles. The van der Waals surface area contributed by atoms with Gasteiger partial charge in [0, 0.05) is 32.7 Å². The molecule has 1 spiro atoms. The number of phenols is 2. The number of carboxylic acids is 1. The van der Waals surface area contributed by atoms with E-state index >= 15 is 0 Å². The average molecular weight is 619 g/mol. The number of carbonyl (C=O) groups excluding carboxylic acids is 2. The minimum absolute atomic E-state index is 0.0804. The Morgan fingerprint density at radius 3 is 2.51 bits per heavy atom. The molecular weight excluding hydrogens is 589 g/mol. The van der Waals surface area contributed by atoms with Crippen LogP contribution < -0.4 is 5.32 Å². The highest BCUT2D eigenvalue weighted by Gasteiger charge is 2.72. The van der Waals surface area contributed by atoms with Gasteiger partial charge in [0.1, 0.15) is 17.0 Å². The van der Waals surface area contributed by atoms with Gasteiger partial charge in [-0.3, -0.25) is 9.59 Å². The van der Waals surface area contributed by atoms with E-state index in [4.69, 9.17) is 27.9 Å². The summed E-state index contributed by atoms with van der Waals surface area (Å²) in [5.41, 5.74) is -2.27. The van der Waals surface area contributed by atoms with Crippen LogP contribution in [-0.2, 0) is 14.3 Å². The topological polar surface area (TPSA) is 133 Å². The number of benzene rings is 2. The Morgan fingerprint density at radius 1 is 1.15 bits per heavy atom. The second kappa shape index (κ2) is 9.66. The number of nitrogens with one attached hydrogen (secondary N) is 1. The zero-order valence-electron chi connectivity index (χ0n) is 22.4. The number of ketones is 1. The lowest BCUT2D eigenvalue weighted by Crippen LogP contribution is -2.57. The third kappa shape index (κ3) is 4.52. The first-order valence-electron chi connectivity index (χ1n) is 13.4. The van der Waals surface area contributed by atoms with E-state index in [1.54, 1.807) is 18.2 Å². The quantitative estimate of drug-likeness (QED) is 0.253. The van der Waals surface area contributed by atoms with Crippen LogP contribution in [0.3, 0.4) is 0 Å².